The fourth-order valence-corrected chi connectivity index (χ4v) is 4.54. The Kier molecular flexibility index (Phi) is 10.1. The molecule has 35 heavy (non-hydrogen) atoms. The van der Waals surface area contributed by atoms with Crippen molar-refractivity contribution in [2.75, 3.05) is 13.2 Å². The smallest absolute Gasteiger partial charge is 0.407 e. The maximum absolute atomic E-state index is 12.4. The molecule has 0 saturated carbocycles. The van der Waals surface area contributed by atoms with Crippen LogP contribution in [-0.2, 0) is 14.3 Å². The van der Waals surface area contributed by atoms with Crippen LogP contribution in [-0.4, -0.2) is 42.3 Å². The molecule has 2 amide bonds. The van der Waals surface area contributed by atoms with Crippen LogP contribution in [0.4, 0.5) is 4.79 Å². The van der Waals surface area contributed by atoms with Gasteiger partial charge in [0.15, 0.2) is 0 Å². The first-order chi connectivity index (χ1) is 17.0. The van der Waals surface area contributed by atoms with E-state index in [-0.39, 0.29) is 24.9 Å². The van der Waals surface area contributed by atoms with Gasteiger partial charge >= 0.3 is 12.1 Å². The van der Waals surface area contributed by atoms with E-state index in [1.165, 1.54) is 0 Å². The number of fused-ring (bicyclic) bond motifs is 3. The first-order valence-corrected chi connectivity index (χ1v) is 12.6. The molecule has 3 rings (SSSR count). The van der Waals surface area contributed by atoms with Gasteiger partial charge in [0.1, 0.15) is 12.6 Å². The number of carboxylic acids is 1. The average Bonchev–Trinajstić information content (AvgIpc) is 3.18. The van der Waals surface area contributed by atoms with Crippen LogP contribution in [0.15, 0.2) is 48.5 Å². The highest BCUT2D eigenvalue weighted by Crippen LogP contribution is 2.44. The number of carbonyl (C=O) groups is 3. The second-order valence-corrected chi connectivity index (χ2v) is 9.02. The van der Waals surface area contributed by atoms with Gasteiger partial charge in [0.25, 0.3) is 0 Å². The molecule has 1 aliphatic rings. The molecular formula is C28H36N2O5. The molecule has 0 aliphatic heterocycles. The third kappa shape index (κ3) is 7.57. The van der Waals surface area contributed by atoms with Gasteiger partial charge < -0.3 is 20.5 Å². The lowest BCUT2D eigenvalue weighted by atomic mass is 9.98. The lowest BCUT2D eigenvalue weighted by Crippen LogP contribution is -2.41. The summed E-state index contributed by atoms with van der Waals surface area (Å²) in [5, 5.41) is 14.9. The first-order valence-electron chi connectivity index (χ1n) is 12.6. The molecule has 0 fully saturated rings. The molecule has 0 aromatic heterocycles. The summed E-state index contributed by atoms with van der Waals surface area (Å²) in [7, 11) is 0. The number of carboxylic acid groups (broad SMARTS) is 1. The van der Waals surface area contributed by atoms with E-state index in [1.807, 2.05) is 36.4 Å². The molecule has 0 spiro atoms. The fourth-order valence-electron chi connectivity index (χ4n) is 4.54. The number of nitrogens with one attached hydrogen (secondary N) is 2. The van der Waals surface area contributed by atoms with Crippen LogP contribution < -0.4 is 10.6 Å². The minimum atomic E-state index is -1.10. The zero-order valence-corrected chi connectivity index (χ0v) is 20.4. The number of rotatable bonds is 14. The molecule has 0 saturated heterocycles. The molecule has 0 unspecified atom stereocenters. The number of ether oxygens (including phenoxy) is 1. The highest BCUT2D eigenvalue weighted by atomic mass is 16.5. The Balaban J connectivity index is 1.40. The molecule has 7 heteroatoms. The van der Waals surface area contributed by atoms with Crippen molar-refractivity contribution in [2.24, 2.45) is 0 Å². The van der Waals surface area contributed by atoms with Gasteiger partial charge in [-0.05, 0) is 47.9 Å². The molecule has 1 aliphatic carbocycles. The number of unbranched alkanes of at least 4 members (excludes halogenated alkanes) is 4. The quantitative estimate of drug-likeness (QED) is 0.321. The second kappa shape index (κ2) is 13.5. The summed E-state index contributed by atoms with van der Waals surface area (Å²) in [4.78, 5) is 35.8. The number of amides is 2. The van der Waals surface area contributed by atoms with Crippen molar-refractivity contribution in [2.45, 2.75) is 70.3 Å². The average molecular weight is 481 g/mol. The van der Waals surface area contributed by atoms with Crippen LogP contribution in [0.3, 0.4) is 0 Å². The Morgan fingerprint density at radius 3 is 2.20 bits per heavy atom. The van der Waals surface area contributed by atoms with Crippen molar-refractivity contribution >= 4 is 18.0 Å². The standard InChI is InChI=1S/C28H36N2O5/c1-2-3-4-5-17-26(31)29-18-11-10-16-25(27(32)33)30-28(34)35-19-24-22-14-8-6-12-20(22)21-13-7-9-15-23(21)24/h6-9,12-15,24-25H,2-5,10-11,16-19H2,1H3,(H,29,31)(H,30,34)(H,32,33)/t25-/m0/s1. The summed E-state index contributed by atoms with van der Waals surface area (Å²) in [5.41, 5.74) is 4.47. The van der Waals surface area contributed by atoms with Crippen molar-refractivity contribution in [1.82, 2.24) is 10.6 Å². The molecule has 0 bridgehead atoms. The van der Waals surface area contributed by atoms with E-state index in [2.05, 4.69) is 29.7 Å². The Bertz CT molecular complexity index is 961. The van der Waals surface area contributed by atoms with Crippen molar-refractivity contribution < 1.29 is 24.2 Å². The largest absolute Gasteiger partial charge is 0.480 e. The summed E-state index contributed by atoms with van der Waals surface area (Å²) in [5.74, 6) is -1.15. The van der Waals surface area contributed by atoms with E-state index >= 15 is 0 Å². The topological polar surface area (TPSA) is 105 Å². The van der Waals surface area contributed by atoms with E-state index in [0.29, 0.717) is 25.8 Å². The van der Waals surface area contributed by atoms with Crippen LogP contribution in [0.5, 0.6) is 0 Å². The summed E-state index contributed by atoms with van der Waals surface area (Å²) in [6.45, 7) is 2.77. The molecule has 7 nitrogen and oxygen atoms in total. The highest BCUT2D eigenvalue weighted by molar-refractivity contribution is 5.81. The summed E-state index contributed by atoms with van der Waals surface area (Å²) >= 11 is 0. The van der Waals surface area contributed by atoms with Crippen LogP contribution in [0.25, 0.3) is 11.1 Å². The Morgan fingerprint density at radius 1 is 0.914 bits per heavy atom. The van der Waals surface area contributed by atoms with Gasteiger partial charge in [0.2, 0.25) is 5.91 Å². The normalized spacial score (nSPS) is 12.9. The number of carbonyl (C=O) groups excluding carboxylic acids is 2. The number of aliphatic carboxylic acids is 1. The Morgan fingerprint density at radius 2 is 1.57 bits per heavy atom. The fraction of sp³-hybridized carbons (Fsp3) is 0.464. The minimum absolute atomic E-state index is 0.0349. The van der Waals surface area contributed by atoms with Crippen LogP contribution >= 0.6 is 0 Å². The maximum atomic E-state index is 12.4. The van der Waals surface area contributed by atoms with E-state index in [4.69, 9.17) is 4.74 Å². The van der Waals surface area contributed by atoms with Crippen molar-refractivity contribution in [3.05, 3.63) is 59.7 Å². The Hall–Kier alpha value is -3.35. The van der Waals surface area contributed by atoms with Crippen LogP contribution in [0, 0.1) is 0 Å². The van der Waals surface area contributed by atoms with E-state index < -0.39 is 18.1 Å². The van der Waals surface area contributed by atoms with E-state index in [0.717, 1.165) is 47.9 Å². The Labute approximate surface area is 207 Å². The van der Waals surface area contributed by atoms with Crippen LogP contribution in [0.2, 0.25) is 0 Å². The molecule has 3 N–H and O–H groups in total. The molecule has 188 valence electrons. The SMILES string of the molecule is CCCCCCC(=O)NCCCC[C@H](NC(=O)OCC1c2ccccc2-c2ccccc21)C(=O)O. The third-order valence-electron chi connectivity index (χ3n) is 6.43. The molecular weight excluding hydrogens is 444 g/mol. The molecule has 2 aromatic rings. The first kappa shape index (κ1) is 26.3. The maximum Gasteiger partial charge on any atom is 0.407 e. The van der Waals surface area contributed by atoms with Crippen molar-refractivity contribution in [3.63, 3.8) is 0 Å². The monoisotopic (exact) mass is 480 g/mol. The predicted molar refractivity (Wildman–Crippen MR) is 135 cm³/mol. The number of hydrogen-bond acceptors (Lipinski definition) is 4. The summed E-state index contributed by atoms with van der Waals surface area (Å²) in [6.07, 6.45) is 5.51. The number of alkyl carbamates (subject to hydrolysis) is 1. The van der Waals surface area contributed by atoms with Crippen LogP contribution in [0.1, 0.15) is 75.3 Å². The van der Waals surface area contributed by atoms with Gasteiger partial charge in [-0.2, -0.15) is 0 Å². The molecule has 0 radical (unpaired) electrons. The van der Waals surface area contributed by atoms with Gasteiger partial charge in [0.05, 0.1) is 0 Å². The molecule has 0 heterocycles. The van der Waals surface area contributed by atoms with Gasteiger partial charge in [-0.15, -0.1) is 0 Å². The zero-order valence-electron chi connectivity index (χ0n) is 20.4. The molecule has 2 aromatic carbocycles. The predicted octanol–water partition coefficient (Wildman–Crippen LogP) is 5.24. The number of hydrogen-bond donors (Lipinski definition) is 3. The summed E-state index contributed by atoms with van der Waals surface area (Å²) in [6, 6.07) is 15.1. The van der Waals surface area contributed by atoms with E-state index in [9.17, 15) is 19.5 Å². The lowest BCUT2D eigenvalue weighted by molar-refractivity contribution is -0.139. The van der Waals surface area contributed by atoms with E-state index in [1.54, 1.807) is 0 Å². The summed E-state index contributed by atoms with van der Waals surface area (Å²) < 4.78 is 5.46. The van der Waals surface area contributed by atoms with Crippen molar-refractivity contribution in [1.29, 1.82) is 0 Å². The van der Waals surface area contributed by atoms with Crippen molar-refractivity contribution in [3.8, 4) is 11.1 Å². The van der Waals surface area contributed by atoms with Gasteiger partial charge in [-0.25, -0.2) is 9.59 Å². The second-order valence-electron chi connectivity index (χ2n) is 9.02. The lowest BCUT2D eigenvalue weighted by Gasteiger charge is -2.17. The van der Waals surface area contributed by atoms with Gasteiger partial charge in [-0.1, -0.05) is 74.7 Å². The zero-order chi connectivity index (χ0) is 25.0. The minimum Gasteiger partial charge on any atom is -0.480 e. The highest BCUT2D eigenvalue weighted by Gasteiger charge is 2.29. The number of benzene rings is 2. The van der Waals surface area contributed by atoms with Gasteiger partial charge in [0, 0.05) is 18.9 Å². The molecule has 1 atom stereocenters. The van der Waals surface area contributed by atoms with Gasteiger partial charge in [-0.3, -0.25) is 4.79 Å². The third-order valence-corrected chi connectivity index (χ3v) is 6.43.